The van der Waals surface area contributed by atoms with Crippen LogP contribution in [0.1, 0.15) is 70.2 Å². The van der Waals surface area contributed by atoms with E-state index in [-0.39, 0.29) is 18.3 Å². The van der Waals surface area contributed by atoms with E-state index in [9.17, 15) is 9.59 Å². The first-order chi connectivity index (χ1) is 18.1. The van der Waals surface area contributed by atoms with Crippen molar-refractivity contribution in [3.05, 3.63) is 90.1 Å². The van der Waals surface area contributed by atoms with Gasteiger partial charge in [-0.3, -0.25) is 9.36 Å². The summed E-state index contributed by atoms with van der Waals surface area (Å²) in [4.78, 5) is 32.2. The van der Waals surface area contributed by atoms with Crippen molar-refractivity contribution in [1.82, 2.24) is 4.57 Å². The van der Waals surface area contributed by atoms with Gasteiger partial charge in [-0.25, -0.2) is 9.79 Å². The number of ether oxygens (including phenoxy) is 3. The van der Waals surface area contributed by atoms with Gasteiger partial charge in [-0.1, -0.05) is 55.5 Å². The summed E-state index contributed by atoms with van der Waals surface area (Å²) in [7, 11) is 1.57. The van der Waals surface area contributed by atoms with Crippen LogP contribution in [-0.2, 0) is 9.53 Å². The molecule has 38 heavy (non-hydrogen) atoms. The van der Waals surface area contributed by atoms with Gasteiger partial charge in [-0.15, -0.1) is 0 Å². The zero-order valence-electron chi connectivity index (χ0n) is 22.9. The van der Waals surface area contributed by atoms with Gasteiger partial charge in [0.25, 0.3) is 5.56 Å². The first kappa shape index (κ1) is 27.4. The molecule has 1 aromatic heterocycles. The molecule has 0 unspecified atom stereocenters. The summed E-state index contributed by atoms with van der Waals surface area (Å²) in [6.07, 6.45) is 1.83. The van der Waals surface area contributed by atoms with E-state index in [0.717, 1.165) is 5.56 Å². The molecule has 0 fully saturated rings. The average molecular weight is 535 g/mol. The summed E-state index contributed by atoms with van der Waals surface area (Å²) in [6.45, 7) is 11.9. The molecule has 0 aliphatic carbocycles. The minimum atomic E-state index is -0.724. The lowest BCUT2D eigenvalue weighted by Crippen LogP contribution is -2.40. The molecule has 7 nitrogen and oxygen atoms in total. The first-order valence-corrected chi connectivity index (χ1v) is 13.6. The van der Waals surface area contributed by atoms with Crippen LogP contribution in [0.5, 0.6) is 11.5 Å². The SMILES string of the molecule is CCOC(=O)C1=C(C)N=c2s/c(=C\c3ccc(C(C)C)cc3)c(=O)n2[C@H]1c1ccc(OC(C)C)c(OC)c1. The monoisotopic (exact) mass is 534 g/mol. The van der Waals surface area contributed by atoms with E-state index in [4.69, 9.17) is 14.2 Å². The summed E-state index contributed by atoms with van der Waals surface area (Å²) < 4.78 is 19.0. The number of aromatic nitrogens is 1. The summed E-state index contributed by atoms with van der Waals surface area (Å²) in [5.74, 6) is 1.02. The first-order valence-electron chi connectivity index (χ1n) is 12.8. The van der Waals surface area contributed by atoms with E-state index >= 15 is 0 Å². The topological polar surface area (TPSA) is 79.1 Å². The van der Waals surface area contributed by atoms with E-state index in [1.165, 1.54) is 16.9 Å². The third kappa shape index (κ3) is 5.45. The van der Waals surface area contributed by atoms with Gasteiger partial charge in [0.05, 0.1) is 41.7 Å². The Morgan fingerprint density at radius 2 is 1.82 bits per heavy atom. The zero-order chi connectivity index (χ0) is 27.6. The van der Waals surface area contributed by atoms with Gasteiger partial charge in [0.2, 0.25) is 0 Å². The standard InChI is InChI=1S/C30H34N2O5S/c1-8-36-29(34)26-19(6)31-30-32(27(26)22-13-14-23(37-18(4)5)24(16-22)35-7)28(33)25(38-30)15-20-9-11-21(12-10-20)17(2)3/h9-18,27H,8H2,1-7H3/b25-15-/t27-/m0/s1. The molecule has 0 radical (unpaired) electrons. The molecule has 2 heterocycles. The molecular formula is C30H34N2O5S. The van der Waals surface area contributed by atoms with Crippen LogP contribution in [0.2, 0.25) is 0 Å². The predicted molar refractivity (Wildman–Crippen MR) is 150 cm³/mol. The highest BCUT2D eigenvalue weighted by Crippen LogP contribution is 2.36. The number of nitrogens with zero attached hydrogens (tertiary/aromatic N) is 2. The van der Waals surface area contributed by atoms with E-state index < -0.39 is 12.0 Å². The number of rotatable bonds is 8. The summed E-state index contributed by atoms with van der Waals surface area (Å²) in [6, 6.07) is 12.9. The molecular weight excluding hydrogens is 500 g/mol. The number of hydrogen-bond acceptors (Lipinski definition) is 7. The molecule has 4 rings (SSSR count). The molecule has 1 atom stereocenters. The van der Waals surface area contributed by atoms with E-state index in [1.54, 1.807) is 31.6 Å². The molecule has 1 aliphatic rings. The average Bonchev–Trinajstić information content (AvgIpc) is 3.17. The molecule has 8 heteroatoms. The fraction of sp³-hybridized carbons (Fsp3) is 0.367. The number of fused-ring (bicyclic) bond motifs is 1. The highest BCUT2D eigenvalue weighted by Gasteiger charge is 2.34. The van der Waals surface area contributed by atoms with Crippen LogP contribution in [-0.4, -0.2) is 30.4 Å². The van der Waals surface area contributed by atoms with Gasteiger partial charge >= 0.3 is 5.97 Å². The Hall–Kier alpha value is -3.65. The zero-order valence-corrected chi connectivity index (χ0v) is 23.7. The number of carbonyl (C=O) groups is 1. The Bertz CT molecular complexity index is 1540. The maximum absolute atomic E-state index is 13.8. The van der Waals surface area contributed by atoms with Gasteiger partial charge in [0, 0.05) is 0 Å². The minimum Gasteiger partial charge on any atom is -0.493 e. The van der Waals surface area contributed by atoms with Gasteiger partial charge in [-0.2, -0.15) is 0 Å². The second-order valence-corrected chi connectivity index (χ2v) is 10.7. The molecule has 0 N–H and O–H groups in total. The normalized spacial score (nSPS) is 15.5. The van der Waals surface area contributed by atoms with Crippen LogP contribution >= 0.6 is 11.3 Å². The lowest BCUT2D eigenvalue weighted by atomic mass is 9.95. The fourth-order valence-electron chi connectivity index (χ4n) is 4.44. The highest BCUT2D eigenvalue weighted by atomic mass is 32.1. The molecule has 1 aliphatic heterocycles. The summed E-state index contributed by atoms with van der Waals surface area (Å²) in [5.41, 5.74) is 3.48. The third-order valence-corrected chi connectivity index (χ3v) is 7.27. The van der Waals surface area contributed by atoms with Crippen molar-refractivity contribution in [2.24, 2.45) is 4.99 Å². The quantitative estimate of drug-likeness (QED) is 0.391. The number of esters is 1. The molecule has 2 aromatic carbocycles. The Kier molecular flexibility index (Phi) is 8.21. The lowest BCUT2D eigenvalue weighted by Gasteiger charge is -2.25. The highest BCUT2D eigenvalue weighted by molar-refractivity contribution is 7.07. The molecule has 0 spiro atoms. The number of methoxy groups -OCH3 is 1. The van der Waals surface area contributed by atoms with E-state index in [1.807, 2.05) is 44.2 Å². The second-order valence-electron chi connectivity index (χ2n) is 9.70. The smallest absolute Gasteiger partial charge is 0.338 e. The van der Waals surface area contributed by atoms with Crippen molar-refractivity contribution in [2.75, 3.05) is 13.7 Å². The Labute approximate surface area is 226 Å². The van der Waals surface area contributed by atoms with Crippen LogP contribution < -0.4 is 24.4 Å². The molecule has 0 saturated heterocycles. The van der Waals surface area contributed by atoms with Crippen LogP contribution in [0.25, 0.3) is 6.08 Å². The van der Waals surface area contributed by atoms with Crippen LogP contribution in [0.15, 0.2) is 63.5 Å². The van der Waals surface area contributed by atoms with Gasteiger partial charge < -0.3 is 14.2 Å². The van der Waals surface area contributed by atoms with Crippen molar-refractivity contribution in [3.63, 3.8) is 0 Å². The molecule has 200 valence electrons. The molecule has 0 saturated carbocycles. The van der Waals surface area contributed by atoms with Crippen molar-refractivity contribution in [3.8, 4) is 11.5 Å². The third-order valence-electron chi connectivity index (χ3n) is 6.28. The summed E-state index contributed by atoms with van der Waals surface area (Å²) >= 11 is 1.30. The van der Waals surface area contributed by atoms with Gasteiger partial charge in [-0.05, 0) is 68.5 Å². The lowest BCUT2D eigenvalue weighted by molar-refractivity contribution is -0.139. The van der Waals surface area contributed by atoms with Crippen molar-refractivity contribution < 1.29 is 19.0 Å². The Balaban J connectivity index is 1.90. The molecule has 0 amide bonds. The van der Waals surface area contributed by atoms with Crippen molar-refractivity contribution >= 4 is 23.4 Å². The van der Waals surface area contributed by atoms with E-state index in [2.05, 4.69) is 31.0 Å². The van der Waals surface area contributed by atoms with Crippen LogP contribution in [0.3, 0.4) is 0 Å². The number of benzene rings is 2. The number of allylic oxidation sites excluding steroid dienone is 1. The minimum absolute atomic E-state index is 0.0424. The van der Waals surface area contributed by atoms with Gasteiger partial charge in [0.15, 0.2) is 16.3 Å². The predicted octanol–water partition coefficient (Wildman–Crippen LogP) is 4.72. The molecule has 3 aromatic rings. The van der Waals surface area contributed by atoms with E-state index in [0.29, 0.717) is 43.6 Å². The Morgan fingerprint density at radius 1 is 1.11 bits per heavy atom. The Morgan fingerprint density at radius 3 is 2.42 bits per heavy atom. The maximum Gasteiger partial charge on any atom is 0.338 e. The number of carbonyl (C=O) groups excluding carboxylic acids is 1. The van der Waals surface area contributed by atoms with Gasteiger partial charge in [0.1, 0.15) is 0 Å². The number of thiazole rings is 1. The van der Waals surface area contributed by atoms with Crippen molar-refractivity contribution in [2.45, 2.75) is 59.6 Å². The van der Waals surface area contributed by atoms with Crippen LogP contribution in [0, 0.1) is 0 Å². The number of hydrogen-bond donors (Lipinski definition) is 0. The summed E-state index contributed by atoms with van der Waals surface area (Å²) in [5, 5.41) is 0. The second kappa shape index (κ2) is 11.4. The fourth-order valence-corrected chi connectivity index (χ4v) is 5.49. The maximum atomic E-state index is 13.8. The van der Waals surface area contributed by atoms with Crippen molar-refractivity contribution in [1.29, 1.82) is 0 Å². The van der Waals surface area contributed by atoms with Crippen LogP contribution in [0.4, 0.5) is 0 Å². The largest absolute Gasteiger partial charge is 0.493 e. The molecule has 0 bridgehead atoms.